The molecule has 4 rings (SSSR count). The minimum absolute atomic E-state index is 0.287. The van der Waals surface area contributed by atoms with Gasteiger partial charge in [0, 0.05) is 22.6 Å². The summed E-state index contributed by atoms with van der Waals surface area (Å²) in [5.41, 5.74) is 8.81. The van der Waals surface area contributed by atoms with Gasteiger partial charge in [0.2, 0.25) is 0 Å². The van der Waals surface area contributed by atoms with Gasteiger partial charge in [-0.05, 0) is 17.7 Å². The first-order valence-corrected chi connectivity index (χ1v) is 9.00. The predicted molar refractivity (Wildman–Crippen MR) is 111 cm³/mol. The highest BCUT2D eigenvalue weighted by atomic mass is 79.9. The Morgan fingerprint density at radius 1 is 1.00 bits per heavy atom. The molecule has 0 saturated heterocycles. The summed E-state index contributed by atoms with van der Waals surface area (Å²) in [5, 5.41) is 0.293. The van der Waals surface area contributed by atoms with Gasteiger partial charge in [-0.15, -0.1) is 0 Å². The van der Waals surface area contributed by atoms with E-state index >= 15 is 0 Å². The molecule has 0 aliphatic heterocycles. The average molecular weight is 423 g/mol. The van der Waals surface area contributed by atoms with E-state index in [2.05, 4.69) is 25.9 Å². The Balaban J connectivity index is 2.21. The lowest BCUT2D eigenvalue weighted by atomic mass is 9.97. The van der Waals surface area contributed by atoms with Crippen molar-refractivity contribution in [1.82, 2.24) is 14.5 Å². The van der Waals surface area contributed by atoms with E-state index in [9.17, 15) is 9.59 Å². The zero-order valence-corrected chi connectivity index (χ0v) is 15.9. The van der Waals surface area contributed by atoms with E-state index in [1.165, 1.54) is 4.57 Å². The first-order chi connectivity index (χ1) is 13.0. The van der Waals surface area contributed by atoms with Crippen LogP contribution < -0.4 is 17.0 Å². The topological polar surface area (TPSA) is 93.8 Å². The third-order valence-electron chi connectivity index (χ3n) is 4.47. The third kappa shape index (κ3) is 2.86. The number of rotatable bonds is 2. The normalized spacial score (nSPS) is 11.0. The van der Waals surface area contributed by atoms with Crippen molar-refractivity contribution in [1.29, 1.82) is 0 Å². The van der Waals surface area contributed by atoms with Crippen LogP contribution >= 0.6 is 15.9 Å². The Morgan fingerprint density at radius 2 is 1.67 bits per heavy atom. The van der Waals surface area contributed by atoms with Crippen molar-refractivity contribution in [3.05, 3.63) is 79.9 Å². The number of aryl methyl sites for hydroxylation is 1. The van der Waals surface area contributed by atoms with Gasteiger partial charge >= 0.3 is 5.69 Å². The lowest BCUT2D eigenvalue weighted by molar-refractivity contribution is 0.830. The molecule has 0 bridgehead atoms. The Bertz CT molecular complexity index is 1280. The third-order valence-corrected chi connectivity index (χ3v) is 4.99. The van der Waals surface area contributed by atoms with Crippen molar-refractivity contribution in [3.8, 4) is 22.4 Å². The largest absolute Gasteiger partial charge is 0.396 e. The average Bonchev–Trinajstić information content (AvgIpc) is 2.67. The van der Waals surface area contributed by atoms with Crippen molar-refractivity contribution >= 4 is 32.7 Å². The standard InChI is InChI=1S/C20H15BrN4O2/c1-25-18-15(19(26)24-20(25)27)14(11-5-3-2-4-6-11)16(22)17(23-18)12-7-9-13(21)10-8-12/h2-10H,22H2,1H3,(H,24,26,27). The number of benzene rings is 2. The van der Waals surface area contributed by atoms with E-state index in [4.69, 9.17) is 5.73 Å². The molecule has 3 N–H and O–H groups in total. The summed E-state index contributed by atoms with van der Waals surface area (Å²) in [4.78, 5) is 31.6. The van der Waals surface area contributed by atoms with Gasteiger partial charge in [-0.1, -0.05) is 58.4 Å². The van der Waals surface area contributed by atoms with Gasteiger partial charge < -0.3 is 5.73 Å². The number of H-pyrrole nitrogens is 1. The monoisotopic (exact) mass is 422 g/mol. The fourth-order valence-electron chi connectivity index (χ4n) is 3.12. The molecule has 6 nitrogen and oxygen atoms in total. The fraction of sp³-hybridized carbons (Fsp3) is 0.0500. The van der Waals surface area contributed by atoms with Crippen molar-refractivity contribution in [2.75, 3.05) is 5.73 Å². The number of hydrogen-bond acceptors (Lipinski definition) is 4. The minimum atomic E-state index is -0.523. The van der Waals surface area contributed by atoms with Crippen LogP contribution in [0, 0.1) is 0 Å². The molecule has 0 aliphatic carbocycles. The van der Waals surface area contributed by atoms with Crippen LogP contribution in [-0.2, 0) is 7.05 Å². The Labute approximate surface area is 162 Å². The van der Waals surface area contributed by atoms with Crippen LogP contribution in [0.5, 0.6) is 0 Å². The Morgan fingerprint density at radius 3 is 2.33 bits per heavy atom. The molecule has 2 aromatic heterocycles. The van der Waals surface area contributed by atoms with Crippen LogP contribution in [0.25, 0.3) is 33.4 Å². The molecule has 0 saturated carbocycles. The van der Waals surface area contributed by atoms with Gasteiger partial charge in [0.25, 0.3) is 5.56 Å². The lowest BCUT2D eigenvalue weighted by Crippen LogP contribution is -2.29. The number of nitrogens with one attached hydrogen (secondary N) is 1. The number of anilines is 1. The lowest BCUT2D eigenvalue weighted by Gasteiger charge is -2.15. The van der Waals surface area contributed by atoms with Gasteiger partial charge in [-0.3, -0.25) is 14.3 Å². The smallest absolute Gasteiger partial charge is 0.329 e. The molecule has 0 unspecified atom stereocenters. The first-order valence-electron chi connectivity index (χ1n) is 8.21. The van der Waals surface area contributed by atoms with E-state index in [0.29, 0.717) is 22.3 Å². The quantitative estimate of drug-likeness (QED) is 0.518. The second kappa shape index (κ2) is 6.51. The second-order valence-electron chi connectivity index (χ2n) is 6.14. The van der Waals surface area contributed by atoms with E-state index in [0.717, 1.165) is 15.6 Å². The van der Waals surface area contributed by atoms with Crippen LogP contribution in [0.3, 0.4) is 0 Å². The molecule has 0 atom stereocenters. The number of hydrogen-bond donors (Lipinski definition) is 2. The van der Waals surface area contributed by atoms with Crippen LogP contribution in [0.15, 0.2) is 68.7 Å². The fourth-order valence-corrected chi connectivity index (χ4v) is 3.38. The first kappa shape index (κ1) is 17.2. The summed E-state index contributed by atoms with van der Waals surface area (Å²) < 4.78 is 2.25. The van der Waals surface area contributed by atoms with Crippen LogP contribution in [0.2, 0.25) is 0 Å². The molecule has 0 aliphatic rings. The van der Waals surface area contributed by atoms with E-state index in [1.807, 2.05) is 54.6 Å². The van der Waals surface area contributed by atoms with Crippen LogP contribution in [0.4, 0.5) is 5.69 Å². The van der Waals surface area contributed by atoms with Crippen LogP contribution in [-0.4, -0.2) is 14.5 Å². The zero-order chi connectivity index (χ0) is 19.1. The summed E-state index contributed by atoms with van der Waals surface area (Å²) in [6, 6.07) is 16.9. The molecular formula is C20H15BrN4O2. The van der Waals surface area contributed by atoms with Gasteiger partial charge in [0.1, 0.15) is 0 Å². The summed E-state index contributed by atoms with van der Waals surface area (Å²) >= 11 is 3.42. The maximum absolute atomic E-state index is 12.6. The molecular weight excluding hydrogens is 408 g/mol. The molecule has 0 spiro atoms. The summed E-state index contributed by atoms with van der Waals surface area (Å²) in [6.45, 7) is 0. The highest BCUT2D eigenvalue weighted by Gasteiger charge is 2.20. The minimum Gasteiger partial charge on any atom is -0.396 e. The Hall–Kier alpha value is -3.19. The molecule has 7 heteroatoms. The maximum Gasteiger partial charge on any atom is 0.329 e. The van der Waals surface area contributed by atoms with Gasteiger partial charge in [-0.25, -0.2) is 9.78 Å². The molecule has 134 valence electrons. The summed E-state index contributed by atoms with van der Waals surface area (Å²) in [7, 11) is 1.57. The molecule has 0 fully saturated rings. The summed E-state index contributed by atoms with van der Waals surface area (Å²) in [5.74, 6) is 0. The number of aromatic amines is 1. The second-order valence-corrected chi connectivity index (χ2v) is 7.05. The van der Waals surface area contributed by atoms with Crippen molar-refractivity contribution in [3.63, 3.8) is 0 Å². The Kier molecular flexibility index (Phi) is 4.16. The maximum atomic E-state index is 12.6. The highest BCUT2D eigenvalue weighted by Crippen LogP contribution is 2.37. The SMILES string of the molecule is Cn1c(=O)[nH]c(=O)c2c(-c3ccccc3)c(N)c(-c3ccc(Br)cc3)nc21. The number of pyridine rings is 1. The van der Waals surface area contributed by atoms with Crippen molar-refractivity contribution in [2.45, 2.75) is 0 Å². The molecule has 4 aromatic rings. The predicted octanol–water partition coefficient (Wildman–Crippen LogP) is 3.30. The number of nitrogen functional groups attached to an aromatic ring is 1. The molecule has 2 heterocycles. The number of fused-ring (bicyclic) bond motifs is 1. The molecule has 27 heavy (non-hydrogen) atoms. The number of nitrogens with zero attached hydrogens (tertiary/aromatic N) is 2. The van der Waals surface area contributed by atoms with Gasteiger partial charge in [0.15, 0.2) is 5.65 Å². The molecule has 0 radical (unpaired) electrons. The van der Waals surface area contributed by atoms with Crippen molar-refractivity contribution in [2.24, 2.45) is 7.05 Å². The summed E-state index contributed by atoms with van der Waals surface area (Å²) in [6.07, 6.45) is 0. The van der Waals surface area contributed by atoms with Crippen LogP contribution in [0.1, 0.15) is 0 Å². The van der Waals surface area contributed by atoms with Crippen molar-refractivity contribution < 1.29 is 0 Å². The number of halogens is 1. The molecule has 0 amide bonds. The van der Waals surface area contributed by atoms with Gasteiger partial charge in [0.05, 0.1) is 16.8 Å². The highest BCUT2D eigenvalue weighted by molar-refractivity contribution is 9.10. The van der Waals surface area contributed by atoms with E-state index in [1.54, 1.807) is 7.05 Å². The van der Waals surface area contributed by atoms with Gasteiger partial charge in [-0.2, -0.15) is 0 Å². The van der Waals surface area contributed by atoms with E-state index < -0.39 is 11.2 Å². The van der Waals surface area contributed by atoms with E-state index in [-0.39, 0.29) is 5.65 Å². The number of aromatic nitrogens is 3. The zero-order valence-electron chi connectivity index (χ0n) is 14.4. The number of nitrogens with two attached hydrogens (primary N) is 1. The molecule has 2 aromatic carbocycles.